The normalized spacial score (nSPS) is 11.4. The van der Waals surface area contributed by atoms with E-state index in [0.717, 1.165) is 5.56 Å². The molecule has 0 saturated carbocycles. The third-order valence-corrected chi connectivity index (χ3v) is 7.73. The summed E-state index contributed by atoms with van der Waals surface area (Å²) in [6.07, 6.45) is 0.459. The van der Waals surface area contributed by atoms with Crippen LogP contribution >= 0.6 is 11.8 Å². The van der Waals surface area contributed by atoms with Gasteiger partial charge in [-0.05, 0) is 31.0 Å². The van der Waals surface area contributed by atoms with Gasteiger partial charge in [0.2, 0.25) is 21.1 Å². The van der Waals surface area contributed by atoms with Crippen LogP contribution in [0.15, 0.2) is 58.6 Å². The molecule has 1 heterocycles. The van der Waals surface area contributed by atoms with Crippen molar-refractivity contribution in [2.45, 2.75) is 23.4 Å². The molecule has 0 radical (unpaired) electrons. The number of thioether (sulfide) groups is 1. The van der Waals surface area contributed by atoms with E-state index < -0.39 is 15.9 Å². The number of nitrogens with zero attached hydrogens (tertiary/aromatic N) is 3. The second kappa shape index (κ2) is 12.6. The van der Waals surface area contributed by atoms with Crippen molar-refractivity contribution in [1.29, 1.82) is 0 Å². The van der Waals surface area contributed by atoms with Crippen LogP contribution in [0.1, 0.15) is 11.4 Å². The lowest BCUT2D eigenvalue weighted by atomic mass is 10.1. The highest BCUT2D eigenvalue weighted by molar-refractivity contribution is 7.99. The number of aromatic nitrogens is 3. The smallest absolute Gasteiger partial charge is 0.243 e. The van der Waals surface area contributed by atoms with E-state index in [4.69, 9.17) is 9.47 Å². The molecular formula is C23H29N5O5S2. The molecule has 0 unspecified atom stereocenters. The Morgan fingerprint density at radius 3 is 2.51 bits per heavy atom. The van der Waals surface area contributed by atoms with E-state index in [1.54, 1.807) is 0 Å². The average Bonchev–Trinajstić information content (AvgIpc) is 3.29. The van der Waals surface area contributed by atoms with Gasteiger partial charge in [-0.15, -0.1) is 5.10 Å². The van der Waals surface area contributed by atoms with Gasteiger partial charge < -0.3 is 14.8 Å². The number of methoxy groups -OCH3 is 2. The molecule has 0 aliphatic heterocycles. The quantitative estimate of drug-likeness (QED) is 0.260. The third kappa shape index (κ3) is 7.44. The van der Waals surface area contributed by atoms with Crippen LogP contribution in [0.5, 0.6) is 11.5 Å². The SMILES string of the molecule is COc1ccc(S(=O)(=O)N(CCc2ccccc2)CC(=O)NCCSc2n[nH]c(C)n2)cc1OC. The zero-order chi connectivity index (χ0) is 25.3. The minimum absolute atomic E-state index is 0.0199. The Hall–Kier alpha value is -3.09. The van der Waals surface area contributed by atoms with Gasteiger partial charge in [0.05, 0.1) is 25.7 Å². The highest BCUT2D eigenvalue weighted by Crippen LogP contribution is 2.30. The maximum absolute atomic E-state index is 13.5. The summed E-state index contributed by atoms with van der Waals surface area (Å²) in [5.74, 6) is 1.58. The summed E-state index contributed by atoms with van der Waals surface area (Å²) in [4.78, 5) is 16.9. The van der Waals surface area contributed by atoms with Gasteiger partial charge in [0.1, 0.15) is 5.82 Å². The fourth-order valence-corrected chi connectivity index (χ4v) is 5.36. The molecule has 35 heavy (non-hydrogen) atoms. The first-order chi connectivity index (χ1) is 16.8. The van der Waals surface area contributed by atoms with Crippen LogP contribution in [-0.2, 0) is 21.2 Å². The van der Waals surface area contributed by atoms with Crippen LogP contribution in [0.2, 0.25) is 0 Å². The molecule has 1 aromatic heterocycles. The molecule has 12 heteroatoms. The Labute approximate surface area is 209 Å². The number of sulfonamides is 1. The van der Waals surface area contributed by atoms with E-state index in [9.17, 15) is 13.2 Å². The van der Waals surface area contributed by atoms with Crippen molar-refractivity contribution in [2.75, 3.05) is 39.6 Å². The van der Waals surface area contributed by atoms with E-state index in [2.05, 4.69) is 20.5 Å². The molecule has 0 bridgehead atoms. The Kier molecular flexibility index (Phi) is 9.52. The second-order valence-electron chi connectivity index (χ2n) is 7.49. The largest absolute Gasteiger partial charge is 0.493 e. The number of H-pyrrole nitrogens is 1. The molecule has 3 aromatic rings. The lowest BCUT2D eigenvalue weighted by molar-refractivity contribution is -0.121. The summed E-state index contributed by atoms with van der Waals surface area (Å²) in [6, 6.07) is 13.9. The molecule has 10 nitrogen and oxygen atoms in total. The predicted molar refractivity (Wildman–Crippen MR) is 133 cm³/mol. The Bertz CT molecular complexity index is 1220. The van der Waals surface area contributed by atoms with Crippen LogP contribution in [0.3, 0.4) is 0 Å². The number of ether oxygens (including phenoxy) is 2. The Morgan fingerprint density at radius 2 is 1.86 bits per heavy atom. The fraction of sp³-hybridized carbons (Fsp3) is 0.348. The average molecular weight is 520 g/mol. The molecule has 0 saturated heterocycles. The lowest BCUT2D eigenvalue weighted by Gasteiger charge is -2.22. The van der Waals surface area contributed by atoms with E-state index in [1.165, 1.54) is 48.5 Å². The predicted octanol–water partition coefficient (Wildman–Crippen LogP) is 2.27. The number of aromatic amines is 1. The minimum Gasteiger partial charge on any atom is -0.493 e. The van der Waals surface area contributed by atoms with Crippen molar-refractivity contribution >= 4 is 27.7 Å². The fourth-order valence-electron chi connectivity index (χ4n) is 3.24. The first-order valence-corrected chi connectivity index (χ1v) is 13.3. The number of carbonyl (C=O) groups excluding carboxylic acids is 1. The van der Waals surface area contributed by atoms with Gasteiger partial charge in [-0.25, -0.2) is 13.4 Å². The summed E-state index contributed by atoms with van der Waals surface area (Å²) in [5.41, 5.74) is 0.971. The molecule has 0 aliphatic rings. The van der Waals surface area contributed by atoms with Gasteiger partial charge >= 0.3 is 0 Å². The van der Waals surface area contributed by atoms with Gasteiger partial charge in [0, 0.05) is 24.9 Å². The molecule has 2 aromatic carbocycles. The van der Waals surface area contributed by atoms with Crippen molar-refractivity contribution in [3.63, 3.8) is 0 Å². The number of hydrogen-bond donors (Lipinski definition) is 2. The van der Waals surface area contributed by atoms with E-state index in [0.29, 0.717) is 41.2 Å². The second-order valence-corrected chi connectivity index (χ2v) is 10.5. The molecule has 0 aliphatic carbocycles. The number of benzene rings is 2. The van der Waals surface area contributed by atoms with Gasteiger partial charge in [-0.1, -0.05) is 42.1 Å². The summed E-state index contributed by atoms with van der Waals surface area (Å²) in [5, 5.41) is 10.2. The zero-order valence-electron chi connectivity index (χ0n) is 19.9. The first kappa shape index (κ1) is 26.5. The van der Waals surface area contributed by atoms with Crippen LogP contribution in [0.4, 0.5) is 0 Å². The summed E-state index contributed by atoms with van der Waals surface area (Å²) in [7, 11) is -1.07. The van der Waals surface area contributed by atoms with Crippen LogP contribution in [-0.4, -0.2) is 73.4 Å². The Balaban J connectivity index is 1.70. The summed E-state index contributed by atoms with van der Waals surface area (Å²) >= 11 is 1.39. The highest BCUT2D eigenvalue weighted by atomic mass is 32.2. The van der Waals surface area contributed by atoms with Crippen molar-refractivity contribution < 1.29 is 22.7 Å². The standard InChI is InChI=1S/C23H29N5O5S2/c1-17-25-23(27-26-17)34-14-12-24-22(29)16-28(13-11-18-7-5-4-6-8-18)35(30,31)19-9-10-20(32-2)21(15-19)33-3/h4-10,15H,11-14,16H2,1-3H3,(H,24,29)(H,25,26,27). The van der Waals surface area contributed by atoms with Gasteiger partial charge in [0.25, 0.3) is 0 Å². The Morgan fingerprint density at radius 1 is 1.11 bits per heavy atom. The van der Waals surface area contributed by atoms with E-state index >= 15 is 0 Å². The molecular weight excluding hydrogens is 490 g/mol. The molecule has 0 spiro atoms. The summed E-state index contributed by atoms with van der Waals surface area (Å²) in [6.45, 7) is 1.98. The number of aryl methyl sites for hydroxylation is 1. The number of hydrogen-bond acceptors (Lipinski definition) is 8. The third-order valence-electron chi connectivity index (χ3n) is 5.04. The van der Waals surface area contributed by atoms with Crippen LogP contribution in [0.25, 0.3) is 0 Å². The minimum atomic E-state index is -3.99. The molecule has 1 amide bonds. The lowest BCUT2D eigenvalue weighted by Crippen LogP contribution is -2.42. The van der Waals surface area contributed by atoms with E-state index in [-0.39, 0.29) is 18.0 Å². The molecule has 0 atom stereocenters. The number of amides is 1. The van der Waals surface area contributed by atoms with Crippen molar-refractivity contribution in [2.24, 2.45) is 0 Å². The first-order valence-electron chi connectivity index (χ1n) is 10.9. The van der Waals surface area contributed by atoms with Crippen molar-refractivity contribution in [3.8, 4) is 11.5 Å². The van der Waals surface area contributed by atoms with Crippen LogP contribution in [0, 0.1) is 6.92 Å². The van der Waals surface area contributed by atoms with Crippen molar-refractivity contribution in [1.82, 2.24) is 24.8 Å². The molecule has 188 valence electrons. The molecule has 3 rings (SSSR count). The number of nitrogens with one attached hydrogen (secondary N) is 2. The van der Waals surface area contributed by atoms with Gasteiger partial charge in [0.15, 0.2) is 11.5 Å². The monoisotopic (exact) mass is 519 g/mol. The topological polar surface area (TPSA) is 127 Å². The maximum Gasteiger partial charge on any atom is 0.243 e. The maximum atomic E-state index is 13.5. The molecule has 0 fully saturated rings. The number of rotatable bonds is 13. The van der Waals surface area contributed by atoms with Crippen molar-refractivity contribution in [3.05, 3.63) is 59.9 Å². The van der Waals surface area contributed by atoms with Gasteiger partial charge in [-0.3, -0.25) is 9.89 Å². The van der Waals surface area contributed by atoms with Crippen LogP contribution < -0.4 is 14.8 Å². The molecule has 2 N–H and O–H groups in total. The van der Waals surface area contributed by atoms with Gasteiger partial charge in [-0.2, -0.15) is 4.31 Å². The zero-order valence-corrected chi connectivity index (χ0v) is 21.5. The summed E-state index contributed by atoms with van der Waals surface area (Å²) < 4.78 is 38.7. The highest BCUT2D eigenvalue weighted by Gasteiger charge is 2.27. The number of carbonyl (C=O) groups is 1. The van der Waals surface area contributed by atoms with E-state index in [1.807, 2.05) is 37.3 Å².